The van der Waals surface area contributed by atoms with E-state index in [4.69, 9.17) is 0 Å². The van der Waals surface area contributed by atoms with E-state index >= 15 is 0 Å². The molecule has 0 radical (unpaired) electrons. The summed E-state index contributed by atoms with van der Waals surface area (Å²) in [6.07, 6.45) is 3.82. The van der Waals surface area contributed by atoms with Crippen LogP contribution in [0.3, 0.4) is 0 Å². The second-order valence-corrected chi connectivity index (χ2v) is 6.19. The quantitative estimate of drug-likeness (QED) is 0.779. The zero-order valence-electron chi connectivity index (χ0n) is 13.5. The van der Waals surface area contributed by atoms with E-state index in [0.29, 0.717) is 18.5 Å². The molecule has 1 fully saturated rings. The molecule has 2 atom stereocenters. The van der Waals surface area contributed by atoms with Crippen LogP contribution in [0.5, 0.6) is 0 Å². The molecule has 0 bridgehead atoms. The minimum absolute atomic E-state index is 0.00380. The zero-order chi connectivity index (χ0) is 17.2. The number of carbonyl (C=O) groups is 1. The topological polar surface area (TPSA) is 59.8 Å². The monoisotopic (exact) mass is 336 g/mol. The number of aromatic nitrogens is 3. The molecule has 1 saturated carbocycles. The van der Waals surface area contributed by atoms with E-state index in [9.17, 15) is 9.18 Å². The molecule has 4 rings (SSSR count). The molecule has 2 aromatic carbocycles. The highest BCUT2D eigenvalue weighted by atomic mass is 19.1. The number of nitrogens with zero attached hydrogens (tertiary/aromatic N) is 3. The van der Waals surface area contributed by atoms with Crippen molar-refractivity contribution in [3.8, 4) is 5.69 Å². The first kappa shape index (κ1) is 15.5. The Hall–Kier alpha value is -3.02. The van der Waals surface area contributed by atoms with E-state index < -0.39 is 0 Å². The predicted octanol–water partition coefficient (Wildman–Crippen LogP) is 2.83. The Morgan fingerprint density at radius 2 is 2.00 bits per heavy atom. The van der Waals surface area contributed by atoms with Crippen LogP contribution in [0.15, 0.2) is 61.2 Å². The number of hydrogen-bond acceptors (Lipinski definition) is 3. The maximum absolute atomic E-state index is 13.8. The van der Waals surface area contributed by atoms with Crippen molar-refractivity contribution in [3.63, 3.8) is 0 Å². The van der Waals surface area contributed by atoms with Gasteiger partial charge in [-0.2, -0.15) is 5.10 Å². The number of amides is 1. The van der Waals surface area contributed by atoms with Crippen LogP contribution in [0.4, 0.5) is 4.39 Å². The van der Waals surface area contributed by atoms with Crippen molar-refractivity contribution in [2.24, 2.45) is 5.92 Å². The molecule has 1 amide bonds. The van der Waals surface area contributed by atoms with Crippen LogP contribution < -0.4 is 5.32 Å². The van der Waals surface area contributed by atoms with Crippen LogP contribution >= 0.6 is 0 Å². The van der Waals surface area contributed by atoms with Gasteiger partial charge in [-0.05, 0) is 41.7 Å². The van der Waals surface area contributed by atoms with Crippen molar-refractivity contribution in [1.29, 1.82) is 0 Å². The van der Waals surface area contributed by atoms with Crippen LogP contribution in [0.25, 0.3) is 5.69 Å². The second kappa shape index (κ2) is 6.47. The van der Waals surface area contributed by atoms with Crippen molar-refractivity contribution in [1.82, 2.24) is 20.1 Å². The summed E-state index contributed by atoms with van der Waals surface area (Å²) in [5.41, 5.74) is 2.55. The van der Waals surface area contributed by atoms with Gasteiger partial charge in [0.05, 0.1) is 5.69 Å². The molecule has 1 heterocycles. The van der Waals surface area contributed by atoms with Gasteiger partial charge in [0.15, 0.2) is 0 Å². The third-order valence-corrected chi connectivity index (χ3v) is 4.52. The van der Waals surface area contributed by atoms with E-state index in [2.05, 4.69) is 15.4 Å². The molecular weight excluding hydrogens is 319 g/mol. The summed E-state index contributed by atoms with van der Waals surface area (Å²) in [5, 5.41) is 7.01. The SMILES string of the molecule is O=C(NCc1ccc(-n2cncn2)cc1)[C@H]1C[C@H]1c1ccccc1F. The van der Waals surface area contributed by atoms with Crippen LogP contribution in [0, 0.1) is 11.7 Å². The molecule has 6 heteroatoms. The molecular formula is C19H17FN4O. The summed E-state index contributed by atoms with van der Waals surface area (Å²) in [6, 6.07) is 14.4. The van der Waals surface area contributed by atoms with E-state index in [-0.39, 0.29) is 23.6 Å². The van der Waals surface area contributed by atoms with Crippen LogP contribution in [-0.4, -0.2) is 20.7 Å². The van der Waals surface area contributed by atoms with Gasteiger partial charge in [0, 0.05) is 12.5 Å². The fourth-order valence-electron chi connectivity index (χ4n) is 3.03. The molecule has 0 unspecified atom stereocenters. The number of hydrogen-bond donors (Lipinski definition) is 1. The number of carbonyl (C=O) groups excluding carboxylic acids is 1. The molecule has 1 N–H and O–H groups in total. The van der Waals surface area contributed by atoms with Gasteiger partial charge in [-0.1, -0.05) is 30.3 Å². The highest BCUT2D eigenvalue weighted by molar-refractivity contribution is 5.82. The number of nitrogens with one attached hydrogen (secondary N) is 1. The van der Waals surface area contributed by atoms with Gasteiger partial charge in [0.1, 0.15) is 18.5 Å². The molecule has 5 nitrogen and oxygen atoms in total. The summed E-state index contributed by atoms with van der Waals surface area (Å²) < 4.78 is 15.5. The molecule has 0 aliphatic heterocycles. The Labute approximate surface area is 144 Å². The third-order valence-electron chi connectivity index (χ3n) is 4.52. The van der Waals surface area contributed by atoms with Crippen molar-refractivity contribution in [3.05, 3.63) is 78.1 Å². The first-order valence-electron chi connectivity index (χ1n) is 8.18. The Kier molecular flexibility index (Phi) is 4.01. The van der Waals surface area contributed by atoms with Crippen LogP contribution in [-0.2, 0) is 11.3 Å². The fraction of sp³-hybridized carbons (Fsp3) is 0.211. The fourth-order valence-corrected chi connectivity index (χ4v) is 3.03. The Morgan fingerprint density at radius 3 is 2.72 bits per heavy atom. The summed E-state index contributed by atoms with van der Waals surface area (Å²) in [5.74, 6) is -0.387. The smallest absolute Gasteiger partial charge is 0.224 e. The average molecular weight is 336 g/mol. The number of halogens is 1. The maximum Gasteiger partial charge on any atom is 0.224 e. The molecule has 126 valence electrons. The van der Waals surface area contributed by atoms with E-state index in [1.54, 1.807) is 23.1 Å². The maximum atomic E-state index is 13.8. The van der Waals surface area contributed by atoms with Gasteiger partial charge < -0.3 is 5.32 Å². The Balaban J connectivity index is 1.33. The van der Waals surface area contributed by atoms with Gasteiger partial charge in [-0.15, -0.1) is 0 Å². The van der Waals surface area contributed by atoms with Gasteiger partial charge in [0.2, 0.25) is 5.91 Å². The molecule has 3 aromatic rings. The molecule has 0 spiro atoms. The Bertz CT molecular complexity index is 877. The summed E-state index contributed by atoms with van der Waals surface area (Å²) >= 11 is 0. The van der Waals surface area contributed by atoms with Gasteiger partial charge in [-0.3, -0.25) is 4.79 Å². The largest absolute Gasteiger partial charge is 0.352 e. The van der Waals surface area contributed by atoms with Gasteiger partial charge in [0.25, 0.3) is 0 Å². The number of benzene rings is 2. The normalized spacial score (nSPS) is 18.8. The standard InChI is InChI=1S/C19H17FN4O/c20-18-4-2-1-3-15(18)16-9-17(16)19(25)22-10-13-5-7-14(8-6-13)24-12-21-11-23-24/h1-8,11-12,16-17H,9-10H2,(H,22,25)/t16-,17-/m0/s1. The van der Waals surface area contributed by atoms with Crippen molar-refractivity contribution >= 4 is 5.91 Å². The van der Waals surface area contributed by atoms with E-state index in [1.165, 1.54) is 12.4 Å². The average Bonchev–Trinajstić information content (AvgIpc) is 3.24. The zero-order valence-corrected chi connectivity index (χ0v) is 13.5. The highest BCUT2D eigenvalue weighted by Crippen LogP contribution is 2.48. The van der Waals surface area contributed by atoms with Gasteiger partial charge >= 0.3 is 0 Å². The third kappa shape index (κ3) is 3.28. The molecule has 25 heavy (non-hydrogen) atoms. The minimum Gasteiger partial charge on any atom is -0.352 e. The first-order chi connectivity index (χ1) is 12.2. The second-order valence-electron chi connectivity index (χ2n) is 6.19. The summed E-state index contributed by atoms with van der Waals surface area (Å²) in [6.45, 7) is 0.455. The lowest BCUT2D eigenvalue weighted by molar-refractivity contribution is -0.122. The summed E-state index contributed by atoms with van der Waals surface area (Å²) in [7, 11) is 0. The first-order valence-corrected chi connectivity index (χ1v) is 8.18. The van der Waals surface area contributed by atoms with Crippen molar-refractivity contribution in [2.75, 3.05) is 0 Å². The van der Waals surface area contributed by atoms with Crippen molar-refractivity contribution < 1.29 is 9.18 Å². The molecule has 1 aliphatic carbocycles. The van der Waals surface area contributed by atoms with Crippen LogP contribution in [0.2, 0.25) is 0 Å². The number of rotatable bonds is 5. The Morgan fingerprint density at radius 1 is 1.20 bits per heavy atom. The van der Waals surface area contributed by atoms with Crippen molar-refractivity contribution in [2.45, 2.75) is 18.9 Å². The lowest BCUT2D eigenvalue weighted by atomic mass is 10.1. The lowest BCUT2D eigenvalue weighted by Crippen LogP contribution is -2.24. The van der Waals surface area contributed by atoms with Crippen LogP contribution in [0.1, 0.15) is 23.5 Å². The van der Waals surface area contributed by atoms with Gasteiger partial charge in [-0.25, -0.2) is 14.1 Å². The molecule has 0 saturated heterocycles. The molecule has 1 aliphatic rings. The lowest BCUT2D eigenvalue weighted by Gasteiger charge is -2.07. The summed E-state index contributed by atoms with van der Waals surface area (Å²) in [4.78, 5) is 16.2. The van der Waals surface area contributed by atoms with E-state index in [1.807, 2.05) is 30.3 Å². The molecule has 1 aromatic heterocycles. The highest BCUT2D eigenvalue weighted by Gasteiger charge is 2.44. The minimum atomic E-state index is -0.230. The van der Waals surface area contributed by atoms with E-state index in [0.717, 1.165) is 11.3 Å². The predicted molar refractivity (Wildman–Crippen MR) is 90.5 cm³/mol.